The predicted octanol–water partition coefficient (Wildman–Crippen LogP) is 6.75. The van der Waals surface area contributed by atoms with Gasteiger partial charge in [-0.15, -0.1) is 0 Å². The summed E-state index contributed by atoms with van der Waals surface area (Å²) < 4.78 is 1.21. The number of hydrogen-bond donors (Lipinski definition) is 2. The van der Waals surface area contributed by atoms with Crippen LogP contribution in [0.4, 0.5) is 11.5 Å². The Hall–Kier alpha value is -2.15. The normalized spacial score (nSPS) is 12.6. The van der Waals surface area contributed by atoms with Crippen LogP contribution in [0.5, 0.6) is 0 Å². The summed E-state index contributed by atoms with van der Waals surface area (Å²) in [6, 6.07) is 16.6. The molecule has 0 spiro atoms. The summed E-state index contributed by atoms with van der Waals surface area (Å²) in [6.45, 7) is 4.46. The molecule has 1 atom stereocenters. The van der Waals surface area contributed by atoms with E-state index in [1.54, 1.807) is 0 Å². The lowest BCUT2D eigenvalue weighted by molar-refractivity contribution is 0.571. The van der Waals surface area contributed by atoms with Gasteiger partial charge in [0.05, 0.1) is 5.52 Å². The average molecular weight is 470 g/mol. The largest absolute Gasteiger partial charge is 0.339 e. The van der Waals surface area contributed by atoms with Gasteiger partial charge in [0.2, 0.25) is 0 Å². The van der Waals surface area contributed by atoms with Gasteiger partial charge in [-0.2, -0.15) is 0 Å². The molecular weight excluding hydrogens is 447 g/mol. The molecule has 0 bridgehead atoms. The number of H-pyrrole nitrogens is 1. The van der Waals surface area contributed by atoms with Gasteiger partial charge in [-0.25, -0.2) is 9.97 Å². The lowest BCUT2D eigenvalue weighted by Crippen LogP contribution is -1.99. The molecule has 2 N–H and O–H groups in total. The summed E-state index contributed by atoms with van der Waals surface area (Å²) in [4.78, 5) is 13.5. The van der Waals surface area contributed by atoms with Crippen LogP contribution >= 0.6 is 22.6 Å². The van der Waals surface area contributed by atoms with Gasteiger partial charge in [0.15, 0.2) is 5.82 Å². The maximum Gasteiger partial charge on any atom is 0.157 e. The van der Waals surface area contributed by atoms with Crippen molar-refractivity contribution in [3.63, 3.8) is 0 Å². The van der Waals surface area contributed by atoms with Crippen LogP contribution in [0.25, 0.3) is 21.9 Å². The number of halogens is 1. The zero-order chi connectivity index (χ0) is 18.8. The number of benzene rings is 2. The molecule has 1 unspecified atom stereocenters. The first-order chi connectivity index (χ1) is 13.2. The molecule has 2 heterocycles. The minimum atomic E-state index is 0.451. The molecule has 0 aliphatic carbocycles. The van der Waals surface area contributed by atoms with Gasteiger partial charge in [-0.1, -0.05) is 38.5 Å². The first-order valence-electron chi connectivity index (χ1n) is 9.50. The molecule has 5 heteroatoms. The minimum Gasteiger partial charge on any atom is -0.339 e. The number of nitrogens with zero attached hydrogens (tertiary/aromatic N) is 2. The van der Waals surface area contributed by atoms with Crippen LogP contribution in [0.3, 0.4) is 0 Å². The van der Waals surface area contributed by atoms with Crippen molar-refractivity contribution < 1.29 is 0 Å². The van der Waals surface area contributed by atoms with Gasteiger partial charge < -0.3 is 10.3 Å². The van der Waals surface area contributed by atoms with E-state index in [-0.39, 0.29) is 0 Å². The van der Waals surface area contributed by atoms with Crippen molar-refractivity contribution in [1.29, 1.82) is 0 Å². The highest BCUT2D eigenvalue weighted by Gasteiger charge is 2.18. The third-order valence-electron chi connectivity index (χ3n) is 4.97. The Kier molecular flexibility index (Phi) is 5.29. The molecule has 0 saturated carbocycles. The Morgan fingerprint density at radius 2 is 1.81 bits per heavy atom. The molecule has 4 rings (SSSR count). The highest BCUT2D eigenvalue weighted by atomic mass is 127. The number of rotatable bonds is 6. The van der Waals surface area contributed by atoms with Crippen molar-refractivity contribution in [3.8, 4) is 0 Å². The average Bonchev–Trinajstić information content (AvgIpc) is 3.14. The van der Waals surface area contributed by atoms with Crippen molar-refractivity contribution in [2.24, 2.45) is 0 Å². The van der Waals surface area contributed by atoms with E-state index in [1.165, 1.54) is 3.57 Å². The Labute approximate surface area is 173 Å². The SMILES string of the molecule is CCCC(CC)c1nc2c([nH]1)c(Nc1ccc(I)cc1)nc1ccccc12. The van der Waals surface area contributed by atoms with E-state index in [0.717, 1.165) is 58.5 Å². The summed E-state index contributed by atoms with van der Waals surface area (Å²) in [7, 11) is 0. The number of aromatic nitrogens is 3. The summed E-state index contributed by atoms with van der Waals surface area (Å²) in [6.07, 6.45) is 3.38. The van der Waals surface area contributed by atoms with Crippen molar-refractivity contribution in [3.05, 3.63) is 57.9 Å². The lowest BCUT2D eigenvalue weighted by Gasteiger charge is -2.10. The lowest BCUT2D eigenvalue weighted by atomic mass is 10.0. The highest BCUT2D eigenvalue weighted by molar-refractivity contribution is 14.1. The molecule has 2 aromatic heterocycles. The smallest absolute Gasteiger partial charge is 0.157 e. The Balaban J connectivity index is 1.87. The summed E-state index contributed by atoms with van der Waals surface area (Å²) in [5.41, 5.74) is 3.96. The zero-order valence-electron chi connectivity index (χ0n) is 15.6. The highest BCUT2D eigenvalue weighted by Crippen LogP contribution is 2.32. The Morgan fingerprint density at radius 3 is 2.56 bits per heavy atom. The molecule has 4 aromatic rings. The second-order valence-corrected chi connectivity index (χ2v) is 8.09. The molecule has 0 amide bonds. The number of nitrogens with one attached hydrogen (secondary N) is 2. The molecule has 27 heavy (non-hydrogen) atoms. The van der Waals surface area contributed by atoms with Crippen molar-refractivity contribution in [2.45, 2.75) is 39.0 Å². The van der Waals surface area contributed by atoms with Crippen molar-refractivity contribution >= 4 is 56.0 Å². The van der Waals surface area contributed by atoms with Gasteiger partial charge in [-0.05, 0) is 65.8 Å². The monoisotopic (exact) mass is 470 g/mol. The number of anilines is 2. The number of imidazole rings is 1. The van der Waals surface area contributed by atoms with Crippen LogP contribution < -0.4 is 5.32 Å². The number of pyridine rings is 1. The van der Waals surface area contributed by atoms with E-state index < -0.39 is 0 Å². The number of hydrogen-bond acceptors (Lipinski definition) is 3. The number of para-hydroxylation sites is 1. The fourth-order valence-electron chi connectivity index (χ4n) is 3.54. The van der Waals surface area contributed by atoms with Crippen molar-refractivity contribution in [2.75, 3.05) is 5.32 Å². The third-order valence-corrected chi connectivity index (χ3v) is 5.69. The second kappa shape index (κ2) is 7.84. The van der Waals surface area contributed by atoms with Crippen LogP contribution in [0.2, 0.25) is 0 Å². The van der Waals surface area contributed by atoms with E-state index in [0.29, 0.717) is 5.92 Å². The molecule has 138 valence electrons. The third kappa shape index (κ3) is 3.65. The van der Waals surface area contributed by atoms with E-state index >= 15 is 0 Å². The van der Waals surface area contributed by atoms with Crippen molar-refractivity contribution in [1.82, 2.24) is 15.0 Å². The zero-order valence-corrected chi connectivity index (χ0v) is 17.7. The number of fused-ring (bicyclic) bond motifs is 3. The minimum absolute atomic E-state index is 0.451. The van der Waals surface area contributed by atoms with Crippen LogP contribution in [0.15, 0.2) is 48.5 Å². The van der Waals surface area contributed by atoms with E-state index in [2.05, 4.69) is 77.1 Å². The first-order valence-corrected chi connectivity index (χ1v) is 10.6. The van der Waals surface area contributed by atoms with Gasteiger partial charge in [0.25, 0.3) is 0 Å². The summed E-state index contributed by atoms with van der Waals surface area (Å²) in [5, 5.41) is 4.57. The van der Waals surface area contributed by atoms with E-state index in [1.807, 2.05) is 18.2 Å². The molecule has 0 saturated heterocycles. The van der Waals surface area contributed by atoms with Gasteiger partial charge in [0.1, 0.15) is 16.9 Å². The topological polar surface area (TPSA) is 53.6 Å². The van der Waals surface area contributed by atoms with Crippen LogP contribution in [0, 0.1) is 3.57 Å². The van der Waals surface area contributed by atoms with E-state index in [9.17, 15) is 0 Å². The molecule has 2 aromatic carbocycles. The van der Waals surface area contributed by atoms with Crippen LogP contribution in [-0.2, 0) is 0 Å². The molecule has 0 aliphatic rings. The van der Waals surface area contributed by atoms with Crippen LogP contribution in [0.1, 0.15) is 44.9 Å². The van der Waals surface area contributed by atoms with Gasteiger partial charge in [-0.3, -0.25) is 0 Å². The second-order valence-electron chi connectivity index (χ2n) is 6.85. The predicted molar refractivity (Wildman–Crippen MR) is 122 cm³/mol. The van der Waals surface area contributed by atoms with Gasteiger partial charge >= 0.3 is 0 Å². The fraction of sp³-hybridized carbons (Fsp3) is 0.273. The summed E-state index contributed by atoms with van der Waals surface area (Å²) in [5.74, 6) is 2.35. The molecule has 4 nitrogen and oxygen atoms in total. The standard InChI is InChI=1S/C22H23IN4/c1-3-7-14(4-2)21-26-19-17-8-5-6-9-18(17)25-22(20(19)27-21)24-16-12-10-15(23)11-13-16/h5-6,8-14H,3-4,7H2,1-2H3,(H,24,25)(H,26,27). The molecule has 0 radical (unpaired) electrons. The first kappa shape index (κ1) is 18.2. The maximum atomic E-state index is 5.01. The fourth-order valence-corrected chi connectivity index (χ4v) is 3.90. The quantitative estimate of drug-likeness (QED) is 0.307. The summed E-state index contributed by atoms with van der Waals surface area (Å²) >= 11 is 2.32. The van der Waals surface area contributed by atoms with E-state index in [4.69, 9.17) is 9.97 Å². The molecular formula is C22H23IN4. The van der Waals surface area contributed by atoms with Gasteiger partial charge in [0, 0.05) is 20.6 Å². The molecule has 0 fully saturated rings. The Bertz CT molecular complexity index is 1070. The number of aromatic amines is 1. The van der Waals surface area contributed by atoms with Crippen LogP contribution in [-0.4, -0.2) is 15.0 Å². The Morgan fingerprint density at radius 1 is 1.04 bits per heavy atom. The molecule has 0 aliphatic heterocycles. The maximum absolute atomic E-state index is 5.01.